The molecule has 0 saturated heterocycles. The fourth-order valence-electron chi connectivity index (χ4n) is 0.955. The number of rotatable bonds is 3. The Morgan fingerprint density at radius 1 is 1.38 bits per heavy atom. The molecule has 1 amide bonds. The topological polar surface area (TPSA) is 121 Å². The van der Waals surface area contributed by atoms with Gasteiger partial charge >= 0.3 is 0 Å². The molecule has 0 radical (unpaired) electrons. The lowest BCUT2D eigenvalue weighted by Crippen LogP contribution is -2.15. The SMILES string of the molecule is CNc1cnc(C(=O)Nc2nn[nH]n2)cn1. The zero-order chi connectivity index (χ0) is 11.4. The first-order chi connectivity index (χ1) is 7.79. The van der Waals surface area contributed by atoms with Gasteiger partial charge in [0.1, 0.15) is 11.5 Å². The third-order valence-corrected chi connectivity index (χ3v) is 1.71. The number of hydrogen-bond acceptors (Lipinski definition) is 7. The number of carbonyl (C=O) groups is 1. The van der Waals surface area contributed by atoms with Crippen molar-refractivity contribution in [1.29, 1.82) is 0 Å². The van der Waals surface area contributed by atoms with E-state index >= 15 is 0 Å². The Balaban J connectivity index is 2.09. The monoisotopic (exact) mass is 220 g/mol. The lowest BCUT2D eigenvalue weighted by Gasteiger charge is -2.00. The van der Waals surface area contributed by atoms with E-state index in [2.05, 4.69) is 41.2 Å². The van der Waals surface area contributed by atoms with E-state index in [9.17, 15) is 4.79 Å². The standard InChI is InChI=1S/C7H8N8O/c1-8-5-3-9-4(2-10-5)6(16)11-7-12-14-15-13-7/h2-3H,1H3,(H,8,10)(H2,11,12,13,14,15,16). The van der Waals surface area contributed by atoms with Crippen LogP contribution in [0.1, 0.15) is 10.5 Å². The summed E-state index contributed by atoms with van der Waals surface area (Å²) in [4.78, 5) is 19.4. The van der Waals surface area contributed by atoms with E-state index < -0.39 is 5.91 Å². The van der Waals surface area contributed by atoms with Gasteiger partial charge < -0.3 is 5.32 Å². The first-order valence-electron chi connectivity index (χ1n) is 4.34. The van der Waals surface area contributed by atoms with Crippen molar-refractivity contribution in [3.8, 4) is 0 Å². The minimum atomic E-state index is -0.448. The molecule has 2 heterocycles. The van der Waals surface area contributed by atoms with E-state index in [4.69, 9.17) is 0 Å². The van der Waals surface area contributed by atoms with Gasteiger partial charge in [-0.25, -0.2) is 9.97 Å². The molecule has 9 nitrogen and oxygen atoms in total. The second-order valence-corrected chi connectivity index (χ2v) is 2.73. The number of nitrogens with zero attached hydrogens (tertiary/aromatic N) is 5. The highest BCUT2D eigenvalue weighted by Crippen LogP contribution is 2.01. The second kappa shape index (κ2) is 4.29. The maximum Gasteiger partial charge on any atom is 0.278 e. The molecule has 2 rings (SSSR count). The summed E-state index contributed by atoms with van der Waals surface area (Å²) >= 11 is 0. The van der Waals surface area contributed by atoms with E-state index in [1.165, 1.54) is 12.4 Å². The van der Waals surface area contributed by atoms with Crippen molar-refractivity contribution in [3.05, 3.63) is 18.1 Å². The zero-order valence-electron chi connectivity index (χ0n) is 8.30. The number of carbonyl (C=O) groups excluding carboxylic acids is 1. The number of H-pyrrole nitrogens is 1. The van der Waals surface area contributed by atoms with Gasteiger partial charge in [0.2, 0.25) is 0 Å². The van der Waals surface area contributed by atoms with Crippen LogP contribution in [0.5, 0.6) is 0 Å². The Hall–Kier alpha value is -2.58. The van der Waals surface area contributed by atoms with Crippen molar-refractivity contribution < 1.29 is 4.79 Å². The maximum atomic E-state index is 11.6. The fourth-order valence-corrected chi connectivity index (χ4v) is 0.955. The van der Waals surface area contributed by atoms with Gasteiger partial charge in [0.25, 0.3) is 11.9 Å². The summed E-state index contributed by atoms with van der Waals surface area (Å²) in [6.07, 6.45) is 2.80. The van der Waals surface area contributed by atoms with E-state index in [-0.39, 0.29) is 11.6 Å². The highest BCUT2D eigenvalue weighted by molar-refractivity contribution is 6.01. The van der Waals surface area contributed by atoms with Crippen LogP contribution in [0, 0.1) is 0 Å². The molecule has 0 bridgehead atoms. The van der Waals surface area contributed by atoms with Gasteiger partial charge in [-0.2, -0.15) is 5.21 Å². The Kier molecular flexibility index (Phi) is 2.67. The third kappa shape index (κ3) is 2.08. The van der Waals surface area contributed by atoms with Gasteiger partial charge in [0.15, 0.2) is 0 Å². The molecule has 16 heavy (non-hydrogen) atoms. The van der Waals surface area contributed by atoms with Crippen LogP contribution in [0.4, 0.5) is 11.8 Å². The van der Waals surface area contributed by atoms with Gasteiger partial charge in [-0.15, -0.1) is 5.10 Å². The van der Waals surface area contributed by atoms with E-state index in [0.29, 0.717) is 5.82 Å². The van der Waals surface area contributed by atoms with Gasteiger partial charge in [-0.3, -0.25) is 10.1 Å². The summed E-state index contributed by atoms with van der Waals surface area (Å²) in [6.45, 7) is 0. The Morgan fingerprint density at radius 2 is 2.25 bits per heavy atom. The van der Waals surface area contributed by atoms with Crippen molar-refractivity contribution in [2.45, 2.75) is 0 Å². The molecule has 0 aromatic carbocycles. The molecular weight excluding hydrogens is 212 g/mol. The van der Waals surface area contributed by atoms with Crippen molar-refractivity contribution in [3.63, 3.8) is 0 Å². The van der Waals surface area contributed by atoms with Crippen LogP contribution in [-0.4, -0.2) is 43.5 Å². The summed E-state index contributed by atoms with van der Waals surface area (Å²) in [7, 11) is 1.71. The molecule has 3 N–H and O–H groups in total. The third-order valence-electron chi connectivity index (χ3n) is 1.71. The molecule has 0 saturated carbocycles. The summed E-state index contributed by atoms with van der Waals surface area (Å²) in [5.41, 5.74) is 0.170. The predicted octanol–water partition coefficient (Wildman–Crippen LogP) is -0.716. The minimum Gasteiger partial charge on any atom is -0.372 e. The highest BCUT2D eigenvalue weighted by Gasteiger charge is 2.10. The molecule has 82 valence electrons. The van der Waals surface area contributed by atoms with Crippen molar-refractivity contribution in [2.75, 3.05) is 17.7 Å². The second-order valence-electron chi connectivity index (χ2n) is 2.73. The van der Waals surface area contributed by atoms with E-state index in [1.807, 2.05) is 0 Å². The first-order valence-corrected chi connectivity index (χ1v) is 4.34. The molecule has 2 aromatic rings. The largest absolute Gasteiger partial charge is 0.372 e. The van der Waals surface area contributed by atoms with E-state index in [1.54, 1.807) is 7.05 Å². The van der Waals surface area contributed by atoms with E-state index in [0.717, 1.165) is 0 Å². The predicted molar refractivity (Wildman–Crippen MR) is 53.7 cm³/mol. The van der Waals surface area contributed by atoms with Crippen molar-refractivity contribution in [2.24, 2.45) is 0 Å². The average Bonchev–Trinajstić information content (AvgIpc) is 2.82. The van der Waals surface area contributed by atoms with Crippen LogP contribution < -0.4 is 10.6 Å². The lowest BCUT2D eigenvalue weighted by atomic mass is 10.4. The molecule has 0 spiro atoms. The van der Waals surface area contributed by atoms with Crippen molar-refractivity contribution >= 4 is 17.7 Å². The lowest BCUT2D eigenvalue weighted by molar-refractivity contribution is 0.102. The number of tetrazole rings is 1. The Bertz CT molecular complexity index is 464. The number of aromatic amines is 1. The molecular formula is C7H8N8O. The first kappa shape index (κ1) is 9.96. The summed E-state index contributed by atoms with van der Waals surface area (Å²) < 4.78 is 0. The van der Waals surface area contributed by atoms with Crippen LogP contribution in [-0.2, 0) is 0 Å². The summed E-state index contributed by atoms with van der Waals surface area (Å²) in [5, 5.41) is 17.9. The zero-order valence-corrected chi connectivity index (χ0v) is 8.30. The molecule has 9 heteroatoms. The van der Waals surface area contributed by atoms with Gasteiger partial charge in [-0.05, 0) is 5.21 Å². The van der Waals surface area contributed by atoms with Crippen LogP contribution in [0.25, 0.3) is 0 Å². The quantitative estimate of drug-likeness (QED) is 0.624. The molecule has 2 aromatic heterocycles. The number of amides is 1. The normalized spacial score (nSPS) is 9.81. The Labute approximate surface area is 89.7 Å². The van der Waals surface area contributed by atoms with Crippen LogP contribution in [0.15, 0.2) is 12.4 Å². The van der Waals surface area contributed by atoms with Crippen LogP contribution in [0.2, 0.25) is 0 Å². The molecule has 0 atom stereocenters. The average molecular weight is 220 g/mol. The van der Waals surface area contributed by atoms with Crippen molar-refractivity contribution in [1.82, 2.24) is 30.6 Å². The number of anilines is 2. The number of nitrogens with one attached hydrogen (secondary N) is 3. The van der Waals surface area contributed by atoms with Gasteiger partial charge in [-0.1, -0.05) is 5.10 Å². The minimum absolute atomic E-state index is 0.0875. The number of hydrogen-bond donors (Lipinski definition) is 3. The maximum absolute atomic E-state index is 11.6. The molecule has 0 unspecified atom stereocenters. The smallest absolute Gasteiger partial charge is 0.278 e. The molecule has 0 aliphatic carbocycles. The van der Waals surface area contributed by atoms with Crippen LogP contribution in [0.3, 0.4) is 0 Å². The Morgan fingerprint density at radius 3 is 2.81 bits per heavy atom. The number of aromatic nitrogens is 6. The van der Waals surface area contributed by atoms with Gasteiger partial charge in [0, 0.05) is 7.05 Å². The summed E-state index contributed by atoms with van der Waals surface area (Å²) in [5.74, 6) is 0.220. The molecule has 0 aliphatic heterocycles. The highest BCUT2D eigenvalue weighted by atomic mass is 16.2. The fraction of sp³-hybridized carbons (Fsp3) is 0.143. The molecule has 0 fully saturated rings. The molecule has 0 aliphatic rings. The van der Waals surface area contributed by atoms with Crippen LogP contribution >= 0.6 is 0 Å². The van der Waals surface area contributed by atoms with Gasteiger partial charge in [0.05, 0.1) is 12.4 Å². The summed E-state index contributed by atoms with van der Waals surface area (Å²) in [6, 6.07) is 0.